The Morgan fingerprint density at radius 1 is 1.14 bits per heavy atom. The van der Waals surface area contributed by atoms with Gasteiger partial charge in [-0.05, 0) is 36.2 Å². The number of carbonyl (C=O) groups excluding carboxylic acids is 1. The Labute approximate surface area is 173 Å². The van der Waals surface area contributed by atoms with E-state index in [1.54, 1.807) is 24.3 Å². The highest BCUT2D eigenvalue weighted by atomic mass is 35.5. The minimum absolute atomic E-state index is 0.0257. The average Bonchev–Trinajstić information content (AvgIpc) is 2.71. The normalized spacial score (nSPS) is 10.4. The van der Waals surface area contributed by atoms with Crippen LogP contribution < -0.4 is 15.8 Å². The second kappa shape index (κ2) is 9.70. The van der Waals surface area contributed by atoms with Crippen molar-refractivity contribution in [3.8, 4) is 5.75 Å². The predicted octanol–water partition coefficient (Wildman–Crippen LogP) is 3.54. The lowest BCUT2D eigenvalue weighted by Crippen LogP contribution is -2.16. The van der Waals surface area contributed by atoms with Crippen molar-refractivity contribution < 1.29 is 14.3 Å². The van der Waals surface area contributed by atoms with Gasteiger partial charge >= 0.3 is 5.97 Å². The number of nitrogens with two attached hydrogens (primary N) is 1. The Morgan fingerprint density at radius 3 is 2.76 bits per heavy atom. The molecule has 0 spiro atoms. The van der Waals surface area contributed by atoms with Gasteiger partial charge in [0.1, 0.15) is 5.75 Å². The third-order valence-corrected chi connectivity index (χ3v) is 4.09. The van der Waals surface area contributed by atoms with Crippen LogP contribution in [0.5, 0.6) is 5.75 Å². The first-order valence-electron chi connectivity index (χ1n) is 8.93. The van der Waals surface area contributed by atoms with Crippen LogP contribution >= 0.6 is 11.6 Å². The summed E-state index contributed by atoms with van der Waals surface area (Å²) in [5.74, 6) is 0.428. The zero-order valence-electron chi connectivity index (χ0n) is 15.8. The second-order valence-corrected chi connectivity index (χ2v) is 6.41. The zero-order valence-corrected chi connectivity index (χ0v) is 16.5. The Kier molecular flexibility index (Phi) is 6.80. The number of halogens is 1. The summed E-state index contributed by atoms with van der Waals surface area (Å²) in [5, 5.41) is 3.64. The number of hydrogen-bond acceptors (Lipinski definition) is 8. The summed E-state index contributed by atoms with van der Waals surface area (Å²) in [7, 11) is 0. The lowest BCUT2D eigenvalue weighted by atomic mass is 10.1. The van der Waals surface area contributed by atoms with Crippen molar-refractivity contribution in [3.05, 3.63) is 64.9 Å². The zero-order chi connectivity index (χ0) is 20.6. The van der Waals surface area contributed by atoms with Crippen LogP contribution in [-0.2, 0) is 22.6 Å². The van der Waals surface area contributed by atoms with Crippen LogP contribution in [0.25, 0.3) is 0 Å². The Bertz CT molecular complexity index is 999. The number of nitrogen functional groups attached to an aromatic ring is 1. The maximum atomic E-state index is 11.9. The van der Waals surface area contributed by atoms with Crippen LogP contribution in [0.1, 0.15) is 18.3 Å². The molecule has 1 aromatic heterocycles. The molecule has 0 saturated carbocycles. The lowest BCUT2D eigenvalue weighted by molar-refractivity contribution is -0.147. The summed E-state index contributed by atoms with van der Waals surface area (Å²) >= 11 is 5.87. The molecule has 0 saturated heterocycles. The number of esters is 1. The molecule has 150 valence electrons. The van der Waals surface area contributed by atoms with E-state index in [-0.39, 0.29) is 30.9 Å². The second-order valence-electron chi connectivity index (χ2n) is 5.98. The fourth-order valence-corrected chi connectivity index (χ4v) is 2.70. The monoisotopic (exact) mass is 413 g/mol. The maximum absolute atomic E-state index is 11.9. The molecule has 1 heterocycles. The molecule has 0 aliphatic heterocycles. The van der Waals surface area contributed by atoms with E-state index in [0.717, 1.165) is 17.7 Å². The van der Waals surface area contributed by atoms with E-state index in [2.05, 4.69) is 27.2 Å². The van der Waals surface area contributed by atoms with Crippen molar-refractivity contribution in [1.82, 2.24) is 15.0 Å². The Morgan fingerprint density at radius 2 is 1.97 bits per heavy atom. The maximum Gasteiger partial charge on any atom is 0.344 e. The van der Waals surface area contributed by atoms with Gasteiger partial charge in [0, 0.05) is 10.7 Å². The van der Waals surface area contributed by atoms with Gasteiger partial charge in [0.2, 0.25) is 11.9 Å². The molecule has 3 rings (SSSR count). The van der Waals surface area contributed by atoms with Gasteiger partial charge < -0.3 is 20.5 Å². The number of rotatable bonds is 8. The van der Waals surface area contributed by atoms with Gasteiger partial charge in [-0.25, -0.2) is 4.79 Å². The first-order valence-corrected chi connectivity index (χ1v) is 9.30. The van der Waals surface area contributed by atoms with Crippen molar-refractivity contribution in [1.29, 1.82) is 0 Å². The first kappa shape index (κ1) is 20.3. The van der Waals surface area contributed by atoms with Crippen molar-refractivity contribution in [2.45, 2.75) is 20.0 Å². The van der Waals surface area contributed by atoms with Crippen LogP contribution in [-0.4, -0.2) is 27.5 Å². The number of benzene rings is 2. The highest BCUT2D eigenvalue weighted by Crippen LogP contribution is 2.20. The molecule has 8 nitrogen and oxygen atoms in total. The summed E-state index contributed by atoms with van der Waals surface area (Å²) in [4.78, 5) is 24.3. The highest BCUT2D eigenvalue weighted by Gasteiger charge is 2.10. The van der Waals surface area contributed by atoms with E-state index in [0.29, 0.717) is 10.8 Å². The standard InChI is InChI=1S/C20H20ClN5O3/c1-2-13-6-3-4-9-16(13)23-20-25-17(24-19(22)26-20)11-29-18(27)12-28-15-8-5-7-14(21)10-15/h3-10H,2,11-12H2,1H3,(H3,22,23,24,25,26). The minimum Gasteiger partial charge on any atom is -0.482 e. The fourth-order valence-electron chi connectivity index (χ4n) is 2.52. The van der Waals surface area contributed by atoms with E-state index >= 15 is 0 Å². The molecule has 29 heavy (non-hydrogen) atoms. The third kappa shape index (κ3) is 6.05. The molecule has 0 radical (unpaired) electrons. The molecule has 9 heteroatoms. The van der Waals surface area contributed by atoms with Crippen molar-refractivity contribution in [2.75, 3.05) is 17.7 Å². The van der Waals surface area contributed by atoms with E-state index in [4.69, 9.17) is 26.8 Å². The number of anilines is 3. The topological polar surface area (TPSA) is 112 Å². The molecular weight excluding hydrogens is 394 g/mol. The molecule has 2 aromatic carbocycles. The molecule has 0 amide bonds. The lowest BCUT2D eigenvalue weighted by Gasteiger charge is -2.11. The van der Waals surface area contributed by atoms with Crippen molar-refractivity contribution in [2.24, 2.45) is 0 Å². The number of hydrogen-bond donors (Lipinski definition) is 2. The number of carbonyl (C=O) groups is 1. The van der Waals surface area contributed by atoms with Crippen LogP contribution in [0.3, 0.4) is 0 Å². The number of aryl methyl sites for hydroxylation is 1. The number of para-hydroxylation sites is 1. The highest BCUT2D eigenvalue weighted by molar-refractivity contribution is 6.30. The number of nitrogens with one attached hydrogen (secondary N) is 1. The summed E-state index contributed by atoms with van der Waals surface area (Å²) in [6.45, 7) is 1.63. The summed E-state index contributed by atoms with van der Waals surface area (Å²) in [5.41, 5.74) is 7.74. The molecule has 0 unspecified atom stereocenters. The molecular formula is C20H20ClN5O3. The van der Waals surface area contributed by atoms with Gasteiger partial charge in [0.15, 0.2) is 19.0 Å². The van der Waals surface area contributed by atoms with Crippen LogP contribution in [0.4, 0.5) is 17.6 Å². The third-order valence-electron chi connectivity index (χ3n) is 3.86. The van der Waals surface area contributed by atoms with E-state index in [9.17, 15) is 4.79 Å². The van der Waals surface area contributed by atoms with Gasteiger partial charge in [-0.3, -0.25) is 0 Å². The molecule has 0 aliphatic carbocycles. The molecule has 0 bridgehead atoms. The van der Waals surface area contributed by atoms with Gasteiger partial charge in [-0.2, -0.15) is 15.0 Å². The summed E-state index contributed by atoms with van der Waals surface area (Å²) < 4.78 is 10.5. The Hall–Kier alpha value is -3.39. The fraction of sp³-hybridized carbons (Fsp3) is 0.200. The number of ether oxygens (including phenoxy) is 2. The Balaban J connectivity index is 1.59. The predicted molar refractivity (Wildman–Crippen MR) is 110 cm³/mol. The summed E-state index contributed by atoms with van der Waals surface area (Å²) in [6.07, 6.45) is 0.848. The number of nitrogens with zero attached hydrogens (tertiary/aromatic N) is 3. The van der Waals surface area contributed by atoms with Gasteiger partial charge in [-0.15, -0.1) is 0 Å². The molecule has 0 atom stereocenters. The smallest absolute Gasteiger partial charge is 0.344 e. The van der Waals surface area contributed by atoms with Crippen LogP contribution in [0.2, 0.25) is 5.02 Å². The average molecular weight is 414 g/mol. The quantitative estimate of drug-likeness (QED) is 0.539. The molecule has 3 aromatic rings. The molecule has 0 aliphatic rings. The van der Waals surface area contributed by atoms with Gasteiger partial charge in [-0.1, -0.05) is 42.8 Å². The van der Waals surface area contributed by atoms with E-state index in [1.807, 2.05) is 24.3 Å². The number of aromatic nitrogens is 3. The largest absolute Gasteiger partial charge is 0.482 e. The molecule has 0 fully saturated rings. The van der Waals surface area contributed by atoms with Crippen LogP contribution in [0.15, 0.2) is 48.5 Å². The van der Waals surface area contributed by atoms with Crippen molar-refractivity contribution in [3.63, 3.8) is 0 Å². The van der Waals surface area contributed by atoms with E-state index < -0.39 is 5.97 Å². The van der Waals surface area contributed by atoms with Gasteiger partial charge in [0.25, 0.3) is 0 Å². The van der Waals surface area contributed by atoms with Gasteiger partial charge in [0.05, 0.1) is 0 Å². The van der Waals surface area contributed by atoms with Crippen molar-refractivity contribution >= 4 is 35.2 Å². The minimum atomic E-state index is -0.574. The van der Waals surface area contributed by atoms with Crippen LogP contribution in [0, 0.1) is 0 Å². The summed E-state index contributed by atoms with van der Waals surface area (Å²) in [6, 6.07) is 14.5. The first-order chi connectivity index (χ1) is 14.0. The molecule has 3 N–H and O–H groups in total. The SMILES string of the molecule is CCc1ccccc1Nc1nc(N)nc(COC(=O)COc2cccc(Cl)c2)n1. The van der Waals surface area contributed by atoms with E-state index in [1.165, 1.54) is 0 Å².